The molecule has 7 nitrogen and oxygen atoms in total. The van der Waals surface area contributed by atoms with E-state index in [0.29, 0.717) is 24.7 Å². The maximum absolute atomic E-state index is 12.1. The molecule has 152 valence electrons. The van der Waals surface area contributed by atoms with Crippen LogP contribution in [0.4, 0.5) is 5.82 Å². The van der Waals surface area contributed by atoms with E-state index in [1.54, 1.807) is 13.1 Å². The predicted octanol–water partition coefficient (Wildman–Crippen LogP) is 2.92. The first-order valence-corrected chi connectivity index (χ1v) is 9.80. The molecule has 0 saturated carbocycles. The van der Waals surface area contributed by atoms with Crippen molar-refractivity contribution in [3.8, 4) is 0 Å². The number of aliphatic imine (C=N–C) groups is 1. The number of fused-ring (bicyclic) bond motifs is 1. The van der Waals surface area contributed by atoms with Gasteiger partial charge in [-0.3, -0.25) is 9.79 Å². The topological polar surface area (TPSA) is 94.2 Å². The van der Waals surface area contributed by atoms with Gasteiger partial charge in [-0.05, 0) is 49.6 Å². The molecule has 0 bridgehead atoms. The molecule has 0 aliphatic carbocycles. The lowest BCUT2D eigenvalue weighted by Gasteiger charge is -2.12. The average molecular weight is 393 g/mol. The summed E-state index contributed by atoms with van der Waals surface area (Å²) < 4.78 is 0. The average Bonchev–Trinajstić information content (AvgIpc) is 3.08. The maximum Gasteiger partial charge on any atom is 0.227 e. The Morgan fingerprint density at radius 3 is 2.76 bits per heavy atom. The molecule has 0 saturated heterocycles. The summed E-state index contributed by atoms with van der Waals surface area (Å²) in [5, 5.41) is 10.5. The van der Waals surface area contributed by atoms with Crippen molar-refractivity contribution >= 4 is 28.6 Å². The van der Waals surface area contributed by atoms with Crippen LogP contribution >= 0.6 is 0 Å². The normalized spacial score (nSPS) is 11.5. The number of guanidine groups is 1. The number of nitrogens with zero attached hydrogens (tertiary/aromatic N) is 2. The van der Waals surface area contributed by atoms with Gasteiger partial charge >= 0.3 is 0 Å². The van der Waals surface area contributed by atoms with Crippen LogP contribution in [0.2, 0.25) is 0 Å². The summed E-state index contributed by atoms with van der Waals surface area (Å²) >= 11 is 0. The van der Waals surface area contributed by atoms with Crippen LogP contribution in [0.25, 0.3) is 10.9 Å². The van der Waals surface area contributed by atoms with Crippen molar-refractivity contribution in [3.05, 3.63) is 59.4 Å². The minimum atomic E-state index is -0.0832. The third kappa shape index (κ3) is 5.81. The zero-order valence-electron chi connectivity index (χ0n) is 17.2. The molecule has 7 heteroatoms. The minimum absolute atomic E-state index is 0.0832. The van der Waals surface area contributed by atoms with E-state index in [9.17, 15) is 4.79 Å². The summed E-state index contributed by atoms with van der Waals surface area (Å²) in [6.07, 6.45) is 3.27. The smallest absolute Gasteiger partial charge is 0.227 e. The Morgan fingerprint density at radius 2 is 1.97 bits per heavy atom. The highest BCUT2D eigenvalue weighted by atomic mass is 16.1. The number of aromatic nitrogens is 2. The van der Waals surface area contributed by atoms with Gasteiger partial charge in [-0.2, -0.15) is 0 Å². The Kier molecular flexibility index (Phi) is 6.84. The van der Waals surface area contributed by atoms with E-state index in [1.165, 1.54) is 16.5 Å². The zero-order valence-corrected chi connectivity index (χ0v) is 17.2. The van der Waals surface area contributed by atoms with Gasteiger partial charge < -0.3 is 20.9 Å². The van der Waals surface area contributed by atoms with Crippen LogP contribution in [0, 0.1) is 13.8 Å². The SMILES string of the molecule is CN=C(NCCC(=O)Nc1cccc(C)n1)NCCc1c[nH]c2cc(C)ccc12. The standard InChI is InChI=1S/C22H28N6O/c1-15-7-8-18-17(14-26-19(18)13-15)9-11-24-22(23-3)25-12-10-21(29)28-20-6-4-5-16(2)27-20/h4-8,13-14,26H,9-12H2,1-3H3,(H2,23,24,25)(H,27,28,29). The number of pyridine rings is 1. The fourth-order valence-corrected chi connectivity index (χ4v) is 3.16. The van der Waals surface area contributed by atoms with Crippen LogP contribution in [-0.4, -0.2) is 42.0 Å². The first kappa shape index (κ1) is 20.4. The zero-order chi connectivity index (χ0) is 20.6. The molecule has 0 radical (unpaired) electrons. The predicted molar refractivity (Wildman–Crippen MR) is 118 cm³/mol. The van der Waals surface area contributed by atoms with Crippen LogP contribution < -0.4 is 16.0 Å². The molecule has 0 aliphatic heterocycles. The number of aromatic amines is 1. The van der Waals surface area contributed by atoms with Crippen LogP contribution in [0.1, 0.15) is 23.2 Å². The first-order chi connectivity index (χ1) is 14.0. The van der Waals surface area contributed by atoms with E-state index in [2.05, 4.69) is 62.2 Å². The second-order valence-electron chi connectivity index (χ2n) is 7.00. The van der Waals surface area contributed by atoms with Crippen molar-refractivity contribution in [1.82, 2.24) is 20.6 Å². The Morgan fingerprint density at radius 1 is 1.14 bits per heavy atom. The number of anilines is 1. The second kappa shape index (κ2) is 9.73. The van der Waals surface area contributed by atoms with Crippen molar-refractivity contribution in [2.75, 3.05) is 25.5 Å². The molecule has 1 aromatic carbocycles. The molecule has 0 spiro atoms. The quantitative estimate of drug-likeness (QED) is 0.367. The first-order valence-electron chi connectivity index (χ1n) is 9.80. The molecular formula is C22H28N6O. The van der Waals surface area contributed by atoms with Gasteiger partial charge in [0.05, 0.1) is 0 Å². The van der Waals surface area contributed by atoms with E-state index in [-0.39, 0.29) is 5.91 Å². The molecule has 3 aromatic rings. The van der Waals surface area contributed by atoms with E-state index in [0.717, 1.165) is 24.2 Å². The number of H-pyrrole nitrogens is 1. The lowest BCUT2D eigenvalue weighted by Crippen LogP contribution is -2.39. The molecule has 3 rings (SSSR count). The Labute approximate surface area is 171 Å². The molecule has 0 atom stereocenters. The monoisotopic (exact) mass is 392 g/mol. The van der Waals surface area contributed by atoms with Gasteiger partial charge in [-0.25, -0.2) is 4.98 Å². The number of nitrogens with one attached hydrogen (secondary N) is 4. The van der Waals surface area contributed by atoms with Gasteiger partial charge in [0.2, 0.25) is 5.91 Å². The number of carbonyl (C=O) groups is 1. The highest BCUT2D eigenvalue weighted by Gasteiger charge is 2.06. The van der Waals surface area contributed by atoms with Crippen LogP contribution in [0.5, 0.6) is 0 Å². The fraction of sp³-hybridized carbons (Fsp3) is 0.318. The van der Waals surface area contributed by atoms with Crippen LogP contribution in [0.3, 0.4) is 0 Å². The molecular weight excluding hydrogens is 364 g/mol. The number of amides is 1. The van der Waals surface area contributed by atoms with Gasteiger partial charge in [-0.1, -0.05) is 18.2 Å². The summed E-state index contributed by atoms with van der Waals surface area (Å²) in [5.41, 5.74) is 4.55. The third-order valence-electron chi connectivity index (χ3n) is 4.63. The van der Waals surface area contributed by atoms with Crippen molar-refractivity contribution in [1.29, 1.82) is 0 Å². The number of rotatable bonds is 7. The van der Waals surface area contributed by atoms with Crippen molar-refractivity contribution < 1.29 is 4.79 Å². The Hall–Kier alpha value is -3.35. The molecule has 29 heavy (non-hydrogen) atoms. The number of hydrogen-bond acceptors (Lipinski definition) is 3. The van der Waals surface area contributed by atoms with E-state index >= 15 is 0 Å². The van der Waals surface area contributed by atoms with E-state index in [1.807, 2.05) is 19.1 Å². The molecule has 4 N–H and O–H groups in total. The van der Waals surface area contributed by atoms with Gasteiger partial charge in [-0.15, -0.1) is 0 Å². The minimum Gasteiger partial charge on any atom is -0.361 e. The molecule has 2 aromatic heterocycles. The summed E-state index contributed by atoms with van der Waals surface area (Å²) in [5.74, 6) is 1.17. The second-order valence-corrected chi connectivity index (χ2v) is 7.00. The maximum atomic E-state index is 12.1. The number of hydrogen-bond donors (Lipinski definition) is 4. The fourth-order valence-electron chi connectivity index (χ4n) is 3.16. The summed E-state index contributed by atoms with van der Waals surface area (Å²) in [6.45, 7) is 5.22. The molecule has 2 heterocycles. The summed E-state index contributed by atoms with van der Waals surface area (Å²) in [7, 11) is 1.72. The van der Waals surface area contributed by atoms with E-state index < -0.39 is 0 Å². The molecule has 1 amide bonds. The van der Waals surface area contributed by atoms with Crippen molar-refractivity contribution in [2.24, 2.45) is 4.99 Å². The third-order valence-corrected chi connectivity index (χ3v) is 4.63. The highest BCUT2D eigenvalue weighted by molar-refractivity contribution is 5.90. The highest BCUT2D eigenvalue weighted by Crippen LogP contribution is 2.19. The summed E-state index contributed by atoms with van der Waals surface area (Å²) in [6, 6.07) is 12.0. The molecule has 0 unspecified atom stereocenters. The number of carbonyl (C=O) groups excluding carboxylic acids is 1. The lowest BCUT2D eigenvalue weighted by atomic mass is 10.1. The van der Waals surface area contributed by atoms with Crippen LogP contribution in [-0.2, 0) is 11.2 Å². The summed E-state index contributed by atoms with van der Waals surface area (Å²) in [4.78, 5) is 23.9. The van der Waals surface area contributed by atoms with Gasteiger partial charge in [0.1, 0.15) is 5.82 Å². The Bertz CT molecular complexity index is 1010. The van der Waals surface area contributed by atoms with Gasteiger partial charge in [0.25, 0.3) is 0 Å². The number of aryl methyl sites for hydroxylation is 2. The van der Waals surface area contributed by atoms with Crippen LogP contribution in [0.15, 0.2) is 47.6 Å². The van der Waals surface area contributed by atoms with Gasteiger partial charge in [0.15, 0.2) is 5.96 Å². The number of benzene rings is 1. The Balaban J connectivity index is 1.40. The van der Waals surface area contributed by atoms with Gasteiger partial charge in [0, 0.05) is 49.4 Å². The van der Waals surface area contributed by atoms with Crippen molar-refractivity contribution in [2.45, 2.75) is 26.7 Å². The largest absolute Gasteiger partial charge is 0.361 e. The van der Waals surface area contributed by atoms with Crippen molar-refractivity contribution in [3.63, 3.8) is 0 Å². The molecule has 0 fully saturated rings. The van der Waals surface area contributed by atoms with E-state index in [4.69, 9.17) is 0 Å². The lowest BCUT2D eigenvalue weighted by molar-refractivity contribution is -0.116. The molecule has 0 aliphatic rings.